The van der Waals surface area contributed by atoms with Crippen molar-refractivity contribution in [2.75, 3.05) is 5.49 Å². The van der Waals surface area contributed by atoms with Gasteiger partial charge in [0.1, 0.15) is 0 Å². The van der Waals surface area contributed by atoms with E-state index in [2.05, 4.69) is 88.3 Å². The number of aryl methyl sites for hydroxylation is 1. The molecule has 0 atom stereocenters. The molecular weight excluding hydrogens is 483 g/mol. The van der Waals surface area contributed by atoms with Gasteiger partial charge in [-0.3, -0.25) is 0 Å². The Morgan fingerprint density at radius 2 is 1.06 bits per heavy atom. The van der Waals surface area contributed by atoms with Crippen molar-refractivity contribution in [2.24, 2.45) is 0 Å². The summed E-state index contributed by atoms with van der Waals surface area (Å²) in [5.74, 6) is 0. The van der Waals surface area contributed by atoms with E-state index < -0.39 is 5.31 Å². The SMILES string of the molecule is Cc1ccc(C(=O)SCP(Br)(c2ccccc2)(c2ccccc2)c2ccccc2)cc1. The molecule has 4 aromatic rings. The summed E-state index contributed by atoms with van der Waals surface area (Å²) in [5, 5.41) is 0.655. The van der Waals surface area contributed by atoms with Crippen LogP contribution in [0.15, 0.2) is 115 Å². The average Bonchev–Trinajstić information content (AvgIpc) is 2.84. The van der Waals surface area contributed by atoms with Crippen molar-refractivity contribution in [3.8, 4) is 0 Å². The van der Waals surface area contributed by atoms with Gasteiger partial charge in [-0.15, -0.1) is 0 Å². The number of hydrogen-bond acceptors (Lipinski definition) is 2. The van der Waals surface area contributed by atoms with Crippen molar-refractivity contribution < 1.29 is 4.79 Å². The molecular formula is C27H24BrOPS. The van der Waals surface area contributed by atoms with E-state index in [1.54, 1.807) is 0 Å². The van der Waals surface area contributed by atoms with Gasteiger partial charge in [0.05, 0.1) is 0 Å². The topological polar surface area (TPSA) is 17.1 Å². The van der Waals surface area contributed by atoms with Gasteiger partial charge in [-0.2, -0.15) is 0 Å². The summed E-state index contributed by atoms with van der Waals surface area (Å²) in [4.78, 5) is 13.2. The minimum absolute atomic E-state index is 0.0937. The summed E-state index contributed by atoms with van der Waals surface area (Å²) in [6.07, 6.45) is 0. The van der Waals surface area contributed by atoms with Crippen molar-refractivity contribution >= 4 is 53.6 Å². The Labute approximate surface area is 196 Å². The second-order valence-electron chi connectivity index (χ2n) is 7.62. The van der Waals surface area contributed by atoms with Gasteiger partial charge in [0.25, 0.3) is 0 Å². The summed E-state index contributed by atoms with van der Waals surface area (Å²) < 4.78 is 0. The summed E-state index contributed by atoms with van der Waals surface area (Å²) in [7, 11) is 0. The minimum atomic E-state index is -3.09. The van der Waals surface area contributed by atoms with E-state index in [0.717, 1.165) is 11.1 Å². The van der Waals surface area contributed by atoms with Crippen LogP contribution in [0, 0.1) is 6.92 Å². The molecule has 0 aliphatic carbocycles. The Balaban J connectivity index is 1.88. The molecule has 0 amide bonds. The third kappa shape index (κ3) is 4.15. The van der Waals surface area contributed by atoms with E-state index in [-0.39, 0.29) is 5.12 Å². The number of rotatable bonds is 6. The molecule has 156 valence electrons. The molecule has 0 heterocycles. The van der Waals surface area contributed by atoms with Crippen LogP contribution in [0.2, 0.25) is 0 Å². The fourth-order valence-electron chi connectivity index (χ4n) is 3.84. The zero-order chi connectivity index (χ0) is 21.8. The zero-order valence-electron chi connectivity index (χ0n) is 17.3. The molecule has 1 nitrogen and oxygen atoms in total. The summed E-state index contributed by atoms with van der Waals surface area (Å²) in [5.41, 5.74) is 2.53. The van der Waals surface area contributed by atoms with Crippen LogP contribution in [-0.4, -0.2) is 10.6 Å². The van der Waals surface area contributed by atoms with Crippen LogP contribution in [0.3, 0.4) is 0 Å². The standard InChI is InChI=1S/C27H24BrOPS/c1-22-17-19-23(20-18-22)27(29)31-21-30(28,24-11-5-2-6-12-24,25-13-7-3-8-14-25)26-15-9-4-10-16-26/h2-20H,21H2,1H3. The predicted octanol–water partition coefficient (Wildman–Crippen LogP) is 6.67. The van der Waals surface area contributed by atoms with Gasteiger partial charge in [0, 0.05) is 0 Å². The number of carbonyl (C=O) groups is 1. The first kappa shape index (κ1) is 22.0. The Hall–Kier alpha value is -2.19. The molecule has 4 aromatic carbocycles. The molecule has 0 saturated carbocycles. The first-order valence-corrected chi connectivity index (χ1v) is 15.6. The Kier molecular flexibility index (Phi) is 6.48. The molecule has 31 heavy (non-hydrogen) atoms. The second-order valence-corrected chi connectivity index (χ2v) is 17.9. The van der Waals surface area contributed by atoms with E-state index in [4.69, 9.17) is 0 Å². The molecule has 0 unspecified atom stereocenters. The fourth-order valence-corrected chi connectivity index (χ4v) is 13.7. The van der Waals surface area contributed by atoms with Crippen molar-refractivity contribution in [1.29, 1.82) is 0 Å². The van der Waals surface area contributed by atoms with Gasteiger partial charge in [0.2, 0.25) is 0 Å². The second kappa shape index (κ2) is 9.12. The van der Waals surface area contributed by atoms with E-state index >= 15 is 0 Å². The third-order valence-corrected chi connectivity index (χ3v) is 18.2. The van der Waals surface area contributed by atoms with Crippen molar-refractivity contribution in [1.82, 2.24) is 0 Å². The monoisotopic (exact) mass is 506 g/mol. The van der Waals surface area contributed by atoms with Crippen molar-refractivity contribution in [3.63, 3.8) is 0 Å². The predicted molar refractivity (Wildman–Crippen MR) is 142 cm³/mol. The van der Waals surface area contributed by atoms with Gasteiger partial charge in [-0.05, 0) is 0 Å². The molecule has 0 saturated heterocycles. The van der Waals surface area contributed by atoms with E-state index in [1.165, 1.54) is 27.7 Å². The molecule has 0 aliphatic rings. The van der Waals surface area contributed by atoms with Gasteiger partial charge in [-0.1, -0.05) is 0 Å². The average molecular weight is 507 g/mol. The Morgan fingerprint density at radius 1 is 0.677 bits per heavy atom. The van der Waals surface area contributed by atoms with Gasteiger partial charge in [0.15, 0.2) is 0 Å². The first-order chi connectivity index (χ1) is 15.0. The summed E-state index contributed by atoms with van der Waals surface area (Å²) in [6.45, 7) is 2.03. The molecule has 4 heteroatoms. The van der Waals surface area contributed by atoms with Crippen LogP contribution >= 0.6 is 32.6 Å². The van der Waals surface area contributed by atoms with Gasteiger partial charge >= 0.3 is 197 Å². The summed E-state index contributed by atoms with van der Waals surface area (Å²) in [6, 6.07) is 39.5. The number of thioether (sulfide) groups is 1. The van der Waals surface area contributed by atoms with Gasteiger partial charge < -0.3 is 0 Å². The van der Waals surface area contributed by atoms with Crippen molar-refractivity contribution in [3.05, 3.63) is 126 Å². The van der Waals surface area contributed by atoms with E-state index in [0.29, 0.717) is 5.49 Å². The Bertz CT molecular complexity index is 1060. The first-order valence-electron chi connectivity index (χ1n) is 10.2. The number of halogens is 1. The van der Waals surface area contributed by atoms with Gasteiger partial charge in [-0.25, -0.2) is 0 Å². The zero-order valence-corrected chi connectivity index (χ0v) is 20.6. The third-order valence-electron chi connectivity index (χ3n) is 5.61. The number of benzene rings is 4. The van der Waals surface area contributed by atoms with Crippen LogP contribution in [-0.2, 0) is 0 Å². The van der Waals surface area contributed by atoms with E-state index in [9.17, 15) is 4.79 Å². The molecule has 0 aliphatic heterocycles. The van der Waals surface area contributed by atoms with Crippen LogP contribution in [0.4, 0.5) is 0 Å². The quantitative estimate of drug-likeness (QED) is 0.272. The van der Waals surface area contributed by atoms with Crippen molar-refractivity contribution in [2.45, 2.75) is 6.92 Å². The molecule has 0 radical (unpaired) electrons. The molecule has 0 N–H and O–H groups in total. The van der Waals surface area contributed by atoms with Crippen LogP contribution in [0.1, 0.15) is 15.9 Å². The number of hydrogen-bond donors (Lipinski definition) is 0. The molecule has 0 spiro atoms. The van der Waals surface area contributed by atoms with Crippen LogP contribution in [0.5, 0.6) is 0 Å². The molecule has 0 fully saturated rings. The maximum atomic E-state index is 13.2. The van der Waals surface area contributed by atoms with E-state index in [1.807, 2.05) is 49.4 Å². The maximum absolute atomic E-state index is 13.2. The summed E-state index contributed by atoms with van der Waals surface area (Å²) >= 11 is 5.79. The normalized spacial score (nSPS) is 12.6. The van der Waals surface area contributed by atoms with Crippen LogP contribution in [0.25, 0.3) is 0 Å². The number of carbonyl (C=O) groups excluding carboxylic acids is 1. The molecule has 0 bridgehead atoms. The Morgan fingerprint density at radius 3 is 1.45 bits per heavy atom. The molecule has 4 rings (SSSR count). The van der Waals surface area contributed by atoms with Crippen LogP contribution < -0.4 is 15.9 Å². The molecule has 0 aromatic heterocycles. The fraction of sp³-hybridized carbons (Fsp3) is 0.0741.